The van der Waals surface area contributed by atoms with Crippen molar-refractivity contribution in [1.29, 1.82) is 0 Å². The maximum Gasteiger partial charge on any atom is 0.140 e. The molecule has 0 fully saturated rings. The summed E-state index contributed by atoms with van der Waals surface area (Å²) in [6.45, 7) is 10.7. The molecule has 3 N–H and O–H groups in total. The summed E-state index contributed by atoms with van der Waals surface area (Å²) in [7, 11) is 0. The molecule has 0 aliphatic heterocycles. The quantitative estimate of drug-likeness (QED) is 0.201. The minimum absolute atomic E-state index is 0.285. The fraction of sp³-hybridized carbons (Fsp3) is 0.917. The van der Waals surface area contributed by atoms with E-state index in [1.165, 1.54) is 0 Å². The molecule has 0 bridgehead atoms. The molecule has 0 saturated heterocycles. The topological polar surface area (TPSA) is 71.1 Å². The molecule has 0 spiro atoms. The second-order valence-corrected chi connectivity index (χ2v) is 4.65. The summed E-state index contributed by atoms with van der Waals surface area (Å²) in [6, 6.07) is 0. The van der Waals surface area contributed by atoms with Gasteiger partial charge in [-0.1, -0.05) is 25.9 Å². The van der Waals surface area contributed by atoms with Crippen LogP contribution in [-0.4, -0.2) is 48.8 Å². The zero-order valence-electron chi connectivity index (χ0n) is 11.4. The maximum atomic E-state index is 8.50. The molecular weight excluding hydrogens is 218 g/mol. The number of hydrogen-bond acceptors (Lipinski definition) is 4. The monoisotopic (exact) mass is 245 g/mol. The number of amidine groups is 1. The standard InChI is InChI=1S/C12H27N3O2/c1-4-8-17-9-7-15(10-11(2)3)6-5-12(13)14-16/h11,16H,4-10H2,1-3H3,(H2,13,14). The minimum atomic E-state index is 0.285. The van der Waals surface area contributed by atoms with Gasteiger partial charge in [-0.25, -0.2) is 0 Å². The van der Waals surface area contributed by atoms with E-state index in [1.54, 1.807) is 0 Å². The minimum Gasteiger partial charge on any atom is -0.409 e. The second kappa shape index (κ2) is 10.4. The highest BCUT2D eigenvalue weighted by Gasteiger charge is 2.08. The lowest BCUT2D eigenvalue weighted by atomic mass is 10.2. The van der Waals surface area contributed by atoms with Crippen LogP contribution < -0.4 is 5.73 Å². The summed E-state index contributed by atoms with van der Waals surface area (Å²) in [5.41, 5.74) is 5.47. The first kappa shape index (κ1) is 16.2. The van der Waals surface area contributed by atoms with Gasteiger partial charge < -0.3 is 20.6 Å². The SMILES string of the molecule is CCCOCCN(CCC(N)=NO)CC(C)C. The van der Waals surface area contributed by atoms with Gasteiger partial charge in [-0.2, -0.15) is 0 Å². The number of rotatable bonds is 10. The predicted molar refractivity (Wildman–Crippen MR) is 70.4 cm³/mol. The van der Waals surface area contributed by atoms with Crippen LogP contribution in [0.4, 0.5) is 0 Å². The van der Waals surface area contributed by atoms with E-state index >= 15 is 0 Å². The predicted octanol–water partition coefficient (Wildman–Crippen LogP) is 1.51. The normalized spacial score (nSPS) is 12.6. The molecule has 0 unspecified atom stereocenters. The Bertz CT molecular complexity index is 208. The van der Waals surface area contributed by atoms with Gasteiger partial charge in [0.25, 0.3) is 0 Å². The fourth-order valence-electron chi connectivity index (χ4n) is 1.57. The molecule has 0 rings (SSSR count). The summed E-state index contributed by atoms with van der Waals surface area (Å²) >= 11 is 0. The zero-order chi connectivity index (χ0) is 13.1. The van der Waals surface area contributed by atoms with Gasteiger partial charge >= 0.3 is 0 Å². The third kappa shape index (κ3) is 10.1. The van der Waals surface area contributed by atoms with Crippen LogP contribution in [0.3, 0.4) is 0 Å². The van der Waals surface area contributed by atoms with E-state index in [-0.39, 0.29) is 5.84 Å². The van der Waals surface area contributed by atoms with Gasteiger partial charge in [0.1, 0.15) is 5.84 Å². The van der Waals surface area contributed by atoms with Gasteiger partial charge in [0.15, 0.2) is 0 Å². The average Bonchev–Trinajstić information content (AvgIpc) is 2.30. The first-order chi connectivity index (χ1) is 8.10. The van der Waals surface area contributed by atoms with Crippen molar-refractivity contribution in [1.82, 2.24) is 4.90 Å². The van der Waals surface area contributed by atoms with Crippen molar-refractivity contribution in [3.63, 3.8) is 0 Å². The van der Waals surface area contributed by atoms with Crippen molar-refractivity contribution >= 4 is 5.84 Å². The molecule has 5 heteroatoms. The fourth-order valence-corrected chi connectivity index (χ4v) is 1.57. The number of ether oxygens (including phenoxy) is 1. The smallest absolute Gasteiger partial charge is 0.140 e. The van der Waals surface area contributed by atoms with Crippen LogP contribution in [0.15, 0.2) is 5.16 Å². The molecule has 0 aliphatic carbocycles. The van der Waals surface area contributed by atoms with Crippen LogP contribution in [0.2, 0.25) is 0 Å². The Morgan fingerprint density at radius 3 is 2.59 bits per heavy atom. The highest BCUT2D eigenvalue weighted by molar-refractivity contribution is 5.79. The molecular formula is C12H27N3O2. The van der Waals surface area contributed by atoms with Gasteiger partial charge in [0, 0.05) is 32.7 Å². The van der Waals surface area contributed by atoms with Crippen LogP contribution in [0, 0.1) is 5.92 Å². The van der Waals surface area contributed by atoms with Crippen LogP contribution in [0.5, 0.6) is 0 Å². The molecule has 17 heavy (non-hydrogen) atoms. The van der Waals surface area contributed by atoms with Crippen molar-refractivity contribution in [2.24, 2.45) is 16.8 Å². The summed E-state index contributed by atoms with van der Waals surface area (Å²) in [5.74, 6) is 0.890. The average molecular weight is 245 g/mol. The number of hydrogen-bond donors (Lipinski definition) is 2. The van der Waals surface area contributed by atoms with E-state index in [0.29, 0.717) is 12.3 Å². The van der Waals surface area contributed by atoms with Crippen LogP contribution in [-0.2, 0) is 4.74 Å². The van der Waals surface area contributed by atoms with Gasteiger partial charge in [0.2, 0.25) is 0 Å². The first-order valence-electron chi connectivity index (χ1n) is 6.36. The van der Waals surface area contributed by atoms with E-state index < -0.39 is 0 Å². The molecule has 102 valence electrons. The third-order valence-electron chi connectivity index (χ3n) is 2.34. The lowest BCUT2D eigenvalue weighted by molar-refractivity contribution is 0.101. The molecule has 0 amide bonds. The molecule has 0 aromatic carbocycles. The highest BCUT2D eigenvalue weighted by Crippen LogP contribution is 2.00. The Labute approximate surface area is 105 Å². The van der Waals surface area contributed by atoms with E-state index in [1.807, 2.05) is 0 Å². The zero-order valence-corrected chi connectivity index (χ0v) is 11.4. The lowest BCUT2D eigenvalue weighted by Crippen LogP contribution is -2.34. The van der Waals surface area contributed by atoms with Crippen LogP contribution >= 0.6 is 0 Å². The molecule has 0 aliphatic rings. The Hall–Kier alpha value is -0.810. The summed E-state index contributed by atoms with van der Waals surface area (Å²) in [5, 5.41) is 11.5. The van der Waals surface area contributed by atoms with E-state index in [2.05, 4.69) is 30.8 Å². The van der Waals surface area contributed by atoms with Gasteiger partial charge in [-0.15, -0.1) is 0 Å². The van der Waals surface area contributed by atoms with Crippen molar-refractivity contribution in [3.8, 4) is 0 Å². The summed E-state index contributed by atoms with van der Waals surface area (Å²) < 4.78 is 5.48. The Morgan fingerprint density at radius 2 is 2.06 bits per heavy atom. The Balaban J connectivity index is 3.87. The summed E-state index contributed by atoms with van der Waals surface area (Å²) in [4.78, 5) is 2.29. The maximum absolute atomic E-state index is 8.50. The van der Waals surface area contributed by atoms with Crippen molar-refractivity contribution in [3.05, 3.63) is 0 Å². The number of nitrogens with two attached hydrogens (primary N) is 1. The number of nitrogens with zero attached hydrogens (tertiary/aromatic N) is 2. The Morgan fingerprint density at radius 1 is 1.35 bits per heavy atom. The molecule has 0 radical (unpaired) electrons. The van der Waals surface area contributed by atoms with Crippen LogP contribution in [0.25, 0.3) is 0 Å². The van der Waals surface area contributed by atoms with Crippen LogP contribution in [0.1, 0.15) is 33.6 Å². The van der Waals surface area contributed by atoms with Gasteiger partial charge in [-0.3, -0.25) is 0 Å². The molecule has 0 aromatic rings. The lowest BCUT2D eigenvalue weighted by Gasteiger charge is -2.23. The molecule has 5 nitrogen and oxygen atoms in total. The molecule has 0 atom stereocenters. The molecule has 0 aromatic heterocycles. The van der Waals surface area contributed by atoms with E-state index in [9.17, 15) is 0 Å². The molecule has 0 heterocycles. The van der Waals surface area contributed by atoms with Gasteiger partial charge in [-0.05, 0) is 12.3 Å². The van der Waals surface area contributed by atoms with Crippen molar-refractivity contribution < 1.29 is 9.94 Å². The van der Waals surface area contributed by atoms with Crippen molar-refractivity contribution in [2.75, 3.05) is 32.8 Å². The van der Waals surface area contributed by atoms with Crippen molar-refractivity contribution in [2.45, 2.75) is 33.6 Å². The second-order valence-electron chi connectivity index (χ2n) is 4.65. The van der Waals surface area contributed by atoms with E-state index in [4.69, 9.17) is 15.7 Å². The molecule has 0 saturated carbocycles. The summed E-state index contributed by atoms with van der Waals surface area (Å²) in [6.07, 6.45) is 1.64. The first-order valence-corrected chi connectivity index (χ1v) is 6.36. The van der Waals surface area contributed by atoms with E-state index in [0.717, 1.165) is 39.3 Å². The number of oxime groups is 1. The highest BCUT2D eigenvalue weighted by atomic mass is 16.5. The Kier molecular flexibility index (Phi) is 9.86. The third-order valence-corrected chi connectivity index (χ3v) is 2.34. The van der Waals surface area contributed by atoms with Gasteiger partial charge in [0.05, 0.1) is 6.61 Å². The largest absolute Gasteiger partial charge is 0.409 e.